The van der Waals surface area contributed by atoms with Crippen molar-refractivity contribution < 1.29 is 18.7 Å². The van der Waals surface area contributed by atoms with E-state index in [1.165, 1.54) is 17.6 Å². The molecule has 1 amide bonds. The summed E-state index contributed by atoms with van der Waals surface area (Å²) in [6, 6.07) is 11.0. The predicted octanol–water partition coefficient (Wildman–Crippen LogP) is 4.76. The van der Waals surface area contributed by atoms with Crippen molar-refractivity contribution in [1.29, 1.82) is 0 Å². The summed E-state index contributed by atoms with van der Waals surface area (Å²) in [6.07, 6.45) is 2.36. The topological polar surface area (TPSA) is 64.8 Å². The molecule has 0 fully saturated rings. The Balaban J connectivity index is 1.67. The Labute approximate surface area is 168 Å². The van der Waals surface area contributed by atoms with E-state index < -0.39 is 0 Å². The van der Waals surface area contributed by atoms with Gasteiger partial charge >= 0.3 is 0 Å². The van der Waals surface area contributed by atoms with Gasteiger partial charge in [-0.2, -0.15) is 0 Å². The lowest BCUT2D eigenvalue weighted by atomic mass is 10.2. The van der Waals surface area contributed by atoms with E-state index in [0.717, 1.165) is 17.1 Å². The Hall–Kier alpha value is -2.80. The van der Waals surface area contributed by atoms with Gasteiger partial charge in [-0.15, -0.1) is 11.3 Å². The largest absolute Gasteiger partial charge is 0.493 e. The number of amides is 1. The van der Waals surface area contributed by atoms with Gasteiger partial charge in [-0.3, -0.25) is 4.79 Å². The van der Waals surface area contributed by atoms with Crippen LogP contribution in [0, 0.1) is 0 Å². The van der Waals surface area contributed by atoms with Crippen LogP contribution in [0.15, 0.2) is 52.5 Å². The van der Waals surface area contributed by atoms with Gasteiger partial charge in [0.05, 0.1) is 25.6 Å². The minimum atomic E-state index is -0.126. The summed E-state index contributed by atoms with van der Waals surface area (Å²) >= 11 is 1.51. The Kier molecular flexibility index (Phi) is 6.71. The van der Waals surface area contributed by atoms with Crippen molar-refractivity contribution in [1.82, 2.24) is 9.88 Å². The van der Waals surface area contributed by atoms with Gasteiger partial charge in [0, 0.05) is 11.4 Å². The maximum atomic E-state index is 12.8. The van der Waals surface area contributed by atoms with Gasteiger partial charge in [-0.1, -0.05) is 19.1 Å². The van der Waals surface area contributed by atoms with Gasteiger partial charge in [0.15, 0.2) is 17.3 Å². The third-order valence-electron chi connectivity index (χ3n) is 4.47. The van der Waals surface area contributed by atoms with E-state index in [1.54, 1.807) is 24.1 Å². The highest BCUT2D eigenvalue weighted by Crippen LogP contribution is 2.27. The van der Waals surface area contributed by atoms with Crippen LogP contribution >= 0.6 is 11.3 Å². The number of thiazole rings is 1. The molecule has 3 rings (SSSR count). The first-order chi connectivity index (χ1) is 13.6. The molecule has 2 aromatic heterocycles. The summed E-state index contributed by atoms with van der Waals surface area (Å²) in [5.41, 5.74) is 0.837. The molecule has 0 aliphatic heterocycles. The molecular formula is C21H24N2O4S. The summed E-state index contributed by atoms with van der Waals surface area (Å²) in [5, 5.41) is 2.81. The van der Waals surface area contributed by atoms with Crippen LogP contribution < -0.4 is 9.47 Å². The van der Waals surface area contributed by atoms with Crippen LogP contribution in [0.2, 0.25) is 0 Å². The second kappa shape index (κ2) is 9.41. The highest BCUT2D eigenvalue weighted by atomic mass is 32.1. The maximum Gasteiger partial charge on any atom is 0.290 e. The number of ether oxygens (including phenoxy) is 2. The van der Waals surface area contributed by atoms with E-state index in [4.69, 9.17) is 13.9 Å². The average molecular weight is 401 g/mol. The van der Waals surface area contributed by atoms with E-state index in [-0.39, 0.29) is 11.9 Å². The van der Waals surface area contributed by atoms with Crippen molar-refractivity contribution >= 4 is 17.2 Å². The van der Waals surface area contributed by atoms with Crippen molar-refractivity contribution in [2.24, 2.45) is 0 Å². The number of methoxy groups -OCH3 is 1. The van der Waals surface area contributed by atoms with Crippen LogP contribution in [0.1, 0.15) is 41.5 Å². The van der Waals surface area contributed by atoms with Crippen molar-refractivity contribution in [3.05, 3.63) is 64.5 Å². The molecule has 28 heavy (non-hydrogen) atoms. The Morgan fingerprint density at radius 2 is 2.04 bits per heavy atom. The van der Waals surface area contributed by atoms with Crippen molar-refractivity contribution in [2.75, 3.05) is 7.11 Å². The molecule has 0 spiro atoms. The second-order valence-electron chi connectivity index (χ2n) is 6.34. The first-order valence-electron chi connectivity index (χ1n) is 9.16. The zero-order valence-corrected chi connectivity index (χ0v) is 17.1. The fraction of sp³-hybridized carbons (Fsp3) is 0.333. The minimum Gasteiger partial charge on any atom is -0.493 e. The molecule has 7 heteroatoms. The van der Waals surface area contributed by atoms with Crippen LogP contribution in [-0.2, 0) is 13.2 Å². The number of aromatic nitrogens is 1. The third kappa shape index (κ3) is 4.72. The molecule has 0 bridgehead atoms. The lowest BCUT2D eigenvalue weighted by molar-refractivity contribution is 0.0636. The monoisotopic (exact) mass is 400 g/mol. The summed E-state index contributed by atoms with van der Waals surface area (Å²) in [4.78, 5) is 19.2. The molecule has 0 saturated heterocycles. The fourth-order valence-electron chi connectivity index (χ4n) is 2.73. The lowest BCUT2D eigenvalue weighted by Gasteiger charge is -2.27. The number of benzene rings is 1. The van der Waals surface area contributed by atoms with Crippen molar-refractivity contribution in [2.45, 2.75) is 39.5 Å². The number of hydrogen-bond acceptors (Lipinski definition) is 6. The number of hydrogen-bond donors (Lipinski definition) is 0. The Bertz CT molecular complexity index is 891. The Morgan fingerprint density at radius 1 is 1.25 bits per heavy atom. The highest BCUT2D eigenvalue weighted by molar-refractivity contribution is 7.09. The Morgan fingerprint density at radius 3 is 2.71 bits per heavy atom. The van der Waals surface area contributed by atoms with E-state index in [9.17, 15) is 4.79 Å². The molecule has 0 aliphatic rings. The summed E-state index contributed by atoms with van der Waals surface area (Å²) in [7, 11) is 1.61. The highest BCUT2D eigenvalue weighted by Gasteiger charge is 2.23. The van der Waals surface area contributed by atoms with Gasteiger partial charge in [0.25, 0.3) is 5.91 Å². The molecule has 2 heterocycles. The van der Waals surface area contributed by atoms with Crippen LogP contribution in [0.4, 0.5) is 0 Å². The molecule has 1 atom stereocenters. The van der Waals surface area contributed by atoms with Gasteiger partial charge < -0.3 is 18.8 Å². The lowest BCUT2D eigenvalue weighted by Crippen LogP contribution is -2.37. The molecule has 6 nitrogen and oxygen atoms in total. The zero-order valence-electron chi connectivity index (χ0n) is 16.3. The van der Waals surface area contributed by atoms with Crippen molar-refractivity contribution in [3.63, 3.8) is 0 Å². The first kappa shape index (κ1) is 19.9. The first-order valence-corrected chi connectivity index (χ1v) is 10.0. The average Bonchev–Trinajstić information content (AvgIpc) is 3.41. The van der Waals surface area contributed by atoms with Gasteiger partial charge in [-0.25, -0.2) is 4.98 Å². The number of rotatable bonds is 9. The van der Waals surface area contributed by atoms with E-state index in [2.05, 4.69) is 11.9 Å². The number of nitrogens with zero attached hydrogens (tertiary/aromatic N) is 2. The number of furan rings is 1. The summed E-state index contributed by atoms with van der Waals surface area (Å²) < 4.78 is 16.4. The zero-order chi connectivity index (χ0) is 19.9. The SMILES string of the molecule is CCC(C)N(Cc1csc(COc2ccccc2OC)n1)C(=O)c1ccco1. The molecule has 0 saturated carbocycles. The summed E-state index contributed by atoms with van der Waals surface area (Å²) in [6.45, 7) is 4.86. The maximum absolute atomic E-state index is 12.8. The molecule has 0 N–H and O–H groups in total. The molecule has 0 aliphatic carbocycles. The predicted molar refractivity (Wildman–Crippen MR) is 108 cm³/mol. The minimum absolute atomic E-state index is 0.0765. The third-order valence-corrected chi connectivity index (χ3v) is 5.34. The van der Waals surface area contributed by atoms with Gasteiger partial charge in [0.2, 0.25) is 0 Å². The molecule has 148 valence electrons. The van der Waals surface area contributed by atoms with E-state index in [1.807, 2.05) is 36.6 Å². The second-order valence-corrected chi connectivity index (χ2v) is 7.28. The normalized spacial score (nSPS) is 11.8. The van der Waals surface area contributed by atoms with Crippen LogP contribution in [0.5, 0.6) is 11.5 Å². The van der Waals surface area contributed by atoms with Crippen LogP contribution in [0.3, 0.4) is 0 Å². The molecule has 0 radical (unpaired) electrons. The van der Waals surface area contributed by atoms with E-state index >= 15 is 0 Å². The molecular weight excluding hydrogens is 376 g/mol. The van der Waals surface area contributed by atoms with Crippen LogP contribution in [-0.4, -0.2) is 28.9 Å². The van der Waals surface area contributed by atoms with Gasteiger partial charge in [-0.05, 0) is 37.6 Å². The standard InChI is InChI=1S/C21H24N2O4S/c1-4-15(2)23(21(24)19-10-7-11-26-19)12-16-14-28-20(22-16)13-27-18-9-6-5-8-17(18)25-3/h5-11,14-15H,4,12-13H2,1-3H3. The van der Waals surface area contributed by atoms with Gasteiger partial charge in [0.1, 0.15) is 11.6 Å². The molecule has 1 unspecified atom stereocenters. The molecule has 3 aromatic rings. The number of carbonyl (C=O) groups excluding carboxylic acids is 1. The number of para-hydroxylation sites is 2. The number of carbonyl (C=O) groups is 1. The molecule has 1 aromatic carbocycles. The van der Waals surface area contributed by atoms with Crippen molar-refractivity contribution in [3.8, 4) is 11.5 Å². The fourth-order valence-corrected chi connectivity index (χ4v) is 3.43. The summed E-state index contributed by atoms with van der Waals surface area (Å²) in [5.74, 6) is 1.58. The smallest absolute Gasteiger partial charge is 0.290 e. The van der Waals surface area contributed by atoms with E-state index in [0.29, 0.717) is 30.4 Å². The van der Waals surface area contributed by atoms with Crippen LogP contribution in [0.25, 0.3) is 0 Å². The quantitative estimate of drug-likeness (QED) is 0.518.